The van der Waals surface area contributed by atoms with Crippen LogP contribution in [0.5, 0.6) is 0 Å². The van der Waals surface area contributed by atoms with E-state index < -0.39 is 5.97 Å². The van der Waals surface area contributed by atoms with Gasteiger partial charge in [-0.2, -0.15) is 0 Å². The van der Waals surface area contributed by atoms with Gasteiger partial charge in [0.15, 0.2) is 0 Å². The molecule has 18 heavy (non-hydrogen) atoms. The first kappa shape index (κ1) is 15.5. The second-order valence-corrected chi connectivity index (χ2v) is 6.68. The van der Waals surface area contributed by atoms with E-state index in [-0.39, 0.29) is 5.54 Å². The molecule has 0 radical (unpaired) electrons. The fraction of sp³-hybridized carbons (Fsp3) is 0.933. The third-order valence-corrected chi connectivity index (χ3v) is 3.83. The number of carbonyl (C=O) groups is 1. The third kappa shape index (κ3) is 4.27. The van der Waals surface area contributed by atoms with Crippen molar-refractivity contribution in [3.05, 3.63) is 0 Å². The Morgan fingerprint density at radius 2 is 1.56 bits per heavy atom. The molecule has 0 amide bonds. The highest BCUT2D eigenvalue weighted by Crippen LogP contribution is 2.36. The molecule has 0 atom stereocenters. The van der Waals surface area contributed by atoms with Gasteiger partial charge in [0.1, 0.15) is 0 Å². The van der Waals surface area contributed by atoms with Gasteiger partial charge in [0, 0.05) is 5.54 Å². The second kappa shape index (κ2) is 6.55. The van der Waals surface area contributed by atoms with Crippen LogP contribution in [0.25, 0.3) is 0 Å². The number of rotatable bonds is 7. The summed E-state index contributed by atoms with van der Waals surface area (Å²) in [4.78, 5) is 13.8. The van der Waals surface area contributed by atoms with Crippen LogP contribution in [0.2, 0.25) is 0 Å². The zero-order valence-electron chi connectivity index (χ0n) is 12.4. The zero-order valence-corrected chi connectivity index (χ0v) is 12.4. The van der Waals surface area contributed by atoms with Gasteiger partial charge >= 0.3 is 5.97 Å². The Labute approximate surface area is 112 Å². The first-order chi connectivity index (χ1) is 8.35. The number of likely N-dealkylation sites (tertiary alicyclic amines) is 1. The first-order valence-corrected chi connectivity index (χ1v) is 7.32. The first-order valence-electron chi connectivity index (χ1n) is 7.32. The van der Waals surface area contributed by atoms with E-state index in [1.165, 1.54) is 12.8 Å². The summed E-state index contributed by atoms with van der Waals surface area (Å²) in [5, 5.41) is 9.31. The van der Waals surface area contributed by atoms with Gasteiger partial charge in [0.25, 0.3) is 0 Å². The number of carboxylic acids is 1. The molecule has 0 saturated carbocycles. The predicted octanol–water partition coefficient (Wildman–Crippen LogP) is 3.39. The van der Waals surface area contributed by atoms with Crippen molar-refractivity contribution in [1.29, 1.82) is 0 Å². The highest BCUT2D eigenvalue weighted by molar-refractivity contribution is 5.68. The average Bonchev–Trinajstić information content (AvgIpc) is 2.65. The maximum atomic E-state index is 11.3. The van der Waals surface area contributed by atoms with Crippen LogP contribution in [0.3, 0.4) is 0 Å². The van der Waals surface area contributed by atoms with Gasteiger partial charge in [0.05, 0.1) is 6.42 Å². The van der Waals surface area contributed by atoms with Gasteiger partial charge in [-0.25, -0.2) is 0 Å². The van der Waals surface area contributed by atoms with E-state index in [9.17, 15) is 9.90 Å². The zero-order chi connectivity index (χ0) is 13.8. The maximum Gasteiger partial charge on any atom is 0.305 e. The van der Waals surface area contributed by atoms with Crippen LogP contribution in [0.15, 0.2) is 0 Å². The second-order valence-electron chi connectivity index (χ2n) is 6.68. The molecule has 106 valence electrons. The van der Waals surface area contributed by atoms with E-state index in [0.717, 1.165) is 25.9 Å². The Bertz CT molecular complexity index is 258. The summed E-state index contributed by atoms with van der Waals surface area (Å²) < 4.78 is 0. The molecule has 0 unspecified atom stereocenters. The van der Waals surface area contributed by atoms with Crippen LogP contribution in [0, 0.1) is 11.8 Å². The van der Waals surface area contributed by atoms with Crippen molar-refractivity contribution < 1.29 is 9.90 Å². The standard InChI is InChI=1S/C15H29NO2/c1-12(2)9-15(10-13(3)4,11-14(17)18)16-7-5-6-8-16/h12-13H,5-11H2,1-4H3,(H,17,18). The average molecular weight is 255 g/mol. The lowest BCUT2D eigenvalue weighted by atomic mass is 9.78. The van der Waals surface area contributed by atoms with Crippen LogP contribution in [0.1, 0.15) is 59.8 Å². The summed E-state index contributed by atoms with van der Waals surface area (Å²) in [6.07, 6.45) is 4.73. The van der Waals surface area contributed by atoms with Crippen LogP contribution in [0.4, 0.5) is 0 Å². The van der Waals surface area contributed by atoms with Crippen molar-refractivity contribution in [3.8, 4) is 0 Å². The van der Waals surface area contributed by atoms with Crippen LogP contribution >= 0.6 is 0 Å². The Morgan fingerprint density at radius 3 is 1.89 bits per heavy atom. The van der Waals surface area contributed by atoms with Crippen LogP contribution < -0.4 is 0 Å². The summed E-state index contributed by atoms with van der Waals surface area (Å²) in [5.41, 5.74) is -0.120. The molecule has 0 aromatic heterocycles. The highest BCUT2D eigenvalue weighted by atomic mass is 16.4. The molecule has 0 bridgehead atoms. The predicted molar refractivity (Wildman–Crippen MR) is 74.7 cm³/mol. The van der Waals surface area contributed by atoms with Crippen molar-refractivity contribution in [3.63, 3.8) is 0 Å². The van der Waals surface area contributed by atoms with Crippen LogP contribution in [-0.4, -0.2) is 34.6 Å². The fourth-order valence-corrected chi connectivity index (χ4v) is 3.59. The van der Waals surface area contributed by atoms with Gasteiger partial charge < -0.3 is 5.11 Å². The van der Waals surface area contributed by atoms with E-state index in [2.05, 4.69) is 32.6 Å². The lowest BCUT2D eigenvalue weighted by Crippen LogP contribution is -2.50. The fourth-order valence-electron chi connectivity index (χ4n) is 3.59. The van der Waals surface area contributed by atoms with E-state index >= 15 is 0 Å². The molecule has 1 aliphatic rings. The molecule has 1 N–H and O–H groups in total. The lowest BCUT2D eigenvalue weighted by Gasteiger charge is -2.43. The van der Waals surface area contributed by atoms with Crippen molar-refractivity contribution in [2.75, 3.05) is 13.1 Å². The number of nitrogens with zero attached hydrogens (tertiary/aromatic N) is 1. The Morgan fingerprint density at radius 1 is 1.11 bits per heavy atom. The summed E-state index contributed by atoms with van der Waals surface area (Å²) >= 11 is 0. The van der Waals surface area contributed by atoms with Gasteiger partial charge in [0.2, 0.25) is 0 Å². The largest absolute Gasteiger partial charge is 0.481 e. The van der Waals surface area contributed by atoms with Crippen LogP contribution in [-0.2, 0) is 4.79 Å². The minimum atomic E-state index is -0.650. The van der Waals surface area contributed by atoms with E-state index in [1.54, 1.807) is 0 Å². The number of aliphatic carboxylic acids is 1. The van der Waals surface area contributed by atoms with Crippen molar-refractivity contribution in [2.45, 2.75) is 65.3 Å². The van der Waals surface area contributed by atoms with E-state index in [4.69, 9.17) is 0 Å². The molecule has 0 spiro atoms. The summed E-state index contributed by atoms with van der Waals surface area (Å²) in [6, 6.07) is 0. The lowest BCUT2D eigenvalue weighted by molar-refractivity contribution is -0.141. The monoisotopic (exact) mass is 255 g/mol. The minimum absolute atomic E-state index is 0.120. The molecule has 3 heteroatoms. The minimum Gasteiger partial charge on any atom is -0.481 e. The summed E-state index contributed by atoms with van der Waals surface area (Å²) in [6.45, 7) is 11.0. The summed E-state index contributed by atoms with van der Waals surface area (Å²) in [5.74, 6) is 0.440. The molecule has 1 fully saturated rings. The molecule has 0 aliphatic carbocycles. The molecular formula is C15H29NO2. The van der Waals surface area contributed by atoms with Crippen molar-refractivity contribution in [1.82, 2.24) is 4.90 Å². The highest BCUT2D eigenvalue weighted by Gasteiger charge is 2.40. The maximum absolute atomic E-state index is 11.3. The topological polar surface area (TPSA) is 40.5 Å². The Hall–Kier alpha value is -0.570. The Balaban J connectivity index is 2.93. The van der Waals surface area contributed by atoms with Gasteiger partial charge in [-0.3, -0.25) is 9.69 Å². The molecule has 1 saturated heterocycles. The molecule has 1 aliphatic heterocycles. The molecular weight excluding hydrogens is 226 g/mol. The van der Waals surface area contributed by atoms with E-state index in [0.29, 0.717) is 18.3 Å². The molecule has 0 aromatic rings. The van der Waals surface area contributed by atoms with Crippen molar-refractivity contribution >= 4 is 5.97 Å². The normalized spacial score (nSPS) is 17.9. The molecule has 3 nitrogen and oxygen atoms in total. The summed E-state index contributed by atoms with van der Waals surface area (Å²) in [7, 11) is 0. The molecule has 1 heterocycles. The number of carboxylic acid groups (broad SMARTS) is 1. The number of hydrogen-bond donors (Lipinski definition) is 1. The SMILES string of the molecule is CC(C)CC(CC(=O)O)(CC(C)C)N1CCCC1. The quantitative estimate of drug-likeness (QED) is 0.758. The third-order valence-electron chi connectivity index (χ3n) is 3.83. The van der Waals surface area contributed by atoms with Gasteiger partial charge in [-0.15, -0.1) is 0 Å². The van der Waals surface area contributed by atoms with Gasteiger partial charge in [-0.1, -0.05) is 27.7 Å². The van der Waals surface area contributed by atoms with E-state index in [1.807, 2.05) is 0 Å². The van der Waals surface area contributed by atoms with Crippen molar-refractivity contribution in [2.24, 2.45) is 11.8 Å². The number of hydrogen-bond acceptors (Lipinski definition) is 2. The Kier molecular flexibility index (Phi) is 5.64. The smallest absolute Gasteiger partial charge is 0.305 e. The molecule has 1 rings (SSSR count). The van der Waals surface area contributed by atoms with Gasteiger partial charge in [-0.05, 0) is 50.6 Å². The molecule has 0 aromatic carbocycles.